The molecule has 0 radical (unpaired) electrons. The minimum atomic E-state index is -0.836. The summed E-state index contributed by atoms with van der Waals surface area (Å²) in [6, 6.07) is -0.323. The van der Waals surface area contributed by atoms with Gasteiger partial charge >= 0.3 is 6.03 Å². The Labute approximate surface area is 156 Å². The van der Waals surface area contributed by atoms with Gasteiger partial charge in [-0.1, -0.05) is 13.8 Å². The molecule has 0 saturated carbocycles. The Kier molecular flexibility index (Phi) is 3.97. The van der Waals surface area contributed by atoms with Gasteiger partial charge < -0.3 is 14.4 Å². The Morgan fingerprint density at radius 3 is 2.63 bits per heavy atom. The molecule has 0 atom stereocenters. The van der Waals surface area contributed by atoms with Crippen molar-refractivity contribution < 1.29 is 14.4 Å². The summed E-state index contributed by atoms with van der Waals surface area (Å²) in [6.45, 7) is 5.42. The van der Waals surface area contributed by atoms with Crippen LogP contribution in [0.4, 0.5) is 4.79 Å². The quantitative estimate of drug-likeness (QED) is 0.809. The normalized spacial score (nSPS) is 19.6. The lowest BCUT2D eigenvalue weighted by Crippen LogP contribution is -2.58. The summed E-state index contributed by atoms with van der Waals surface area (Å²) in [6.07, 6.45) is 6.12. The Bertz CT molecular complexity index is 919. The minimum Gasteiger partial charge on any atom is -0.338 e. The van der Waals surface area contributed by atoms with E-state index in [0.717, 1.165) is 5.65 Å². The third-order valence-electron chi connectivity index (χ3n) is 5.60. The number of carbonyl (C=O) groups excluding carboxylic acids is 3. The van der Waals surface area contributed by atoms with Gasteiger partial charge in [0, 0.05) is 39.1 Å². The number of imide groups is 1. The van der Waals surface area contributed by atoms with Gasteiger partial charge in [-0.05, 0) is 18.8 Å². The van der Waals surface area contributed by atoms with Crippen LogP contribution in [0.25, 0.3) is 5.65 Å². The van der Waals surface area contributed by atoms with E-state index in [9.17, 15) is 14.4 Å². The van der Waals surface area contributed by atoms with Crippen LogP contribution in [0.2, 0.25) is 0 Å². The smallest absolute Gasteiger partial charge is 0.325 e. The van der Waals surface area contributed by atoms with Crippen molar-refractivity contribution >= 4 is 23.5 Å². The first-order valence-corrected chi connectivity index (χ1v) is 9.24. The average Bonchev–Trinajstić information content (AvgIpc) is 3.27. The molecule has 1 N–H and O–H groups in total. The van der Waals surface area contributed by atoms with Crippen molar-refractivity contribution in [1.29, 1.82) is 0 Å². The van der Waals surface area contributed by atoms with Crippen LogP contribution in [-0.4, -0.2) is 67.0 Å². The van der Waals surface area contributed by atoms with Gasteiger partial charge in [-0.25, -0.2) is 9.31 Å². The molecule has 2 saturated heterocycles. The Morgan fingerprint density at radius 2 is 1.96 bits per heavy atom. The van der Waals surface area contributed by atoms with Gasteiger partial charge in [0.25, 0.3) is 11.8 Å². The fourth-order valence-electron chi connectivity index (χ4n) is 4.17. The first kappa shape index (κ1) is 17.6. The fraction of sp³-hybridized carbons (Fsp3) is 0.556. The van der Waals surface area contributed by atoms with Crippen LogP contribution >= 0.6 is 0 Å². The van der Waals surface area contributed by atoms with Crippen molar-refractivity contribution in [3.8, 4) is 0 Å². The van der Waals surface area contributed by atoms with Crippen LogP contribution in [-0.2, 0) is 11.8 Å². The lowest BCUT2D eigenvalue weighted by atomic mass is 9.85. The number of urea groups is 1. The van der Waals surface area contributed by atoms with Gasteiger partial charge in [0.1, 0.15) is 16.7 Å². The Morgan fingerprint density at radius 1 is 1.26 bits per heavy atom. The maximum Gasteiger partial charge on any atom is 0.325 e. The molecule has 2 aliphatic heterocycles. The van der Waals surface area contributed by atoms with E-state index >= 15 is 0 Å². The maximum atomic E-state index is 13.0. The molecular formula is C18H24N6O3. The lowest BCUT2D eigenvalue weighted by molar-refractivity contribution is -0.129. The van der Waals surface area contributed by atoms with E-state index in [1.807, 2.05) is 31.7 Å². The number of amides is 4. The number of nitrogens with one attached hydrogen (secondary N) is 1. The molecule has 1 spiro atoms. The monoisotopic (exact) mass is 372 g/mol. The van der Waals surface area contributed by atoms with E-state index in [4.69, 9.17) is 0 Å². The molecule has 0 bridgehead atoms. The maximum absolute atomic E-state index is 13.0. The summed E-state index contributed by atoms with van der Waals surface area (Å²) in [5.41, 5.74) is 0.456. The summed E-state index contributed by atoms with van der Waals surface area (Å²) in [5.74, 6) is -0.0753. The summed E-state index contributed by atoms with van der Waals surface area (Å²) in [4.78, 5) is 41.2. The molecule has 0 aromatic carbocycles. The summed E-state index contributed by atoms with van der Waals surface area (Å²) in [7, 11) is 1.87. The third kappa shape index (κ3) is 2.60. The zero-order valence-corrected chi connectivity index (χ0v) is 15.8. The van der Waals surface area contributed by atoms with Crippen LogP contribution in [0.3, 0.4) is 0 Å². The van der Waals surface area contributed by atoms with Crippen molar-refractivity contribution in [3.63, 3.8) is 0 Å². The SMILES string of the molecule is CC(C)CN1C(=O)NC(=O)C12CCN(C(=O)c1cnn3ccn(C)c13)CC2. The van der Waals surface area contributed by atoms with Crippen LogP contribution in [0.5, 0.6) is 0 Å². The standard InChI is InChI=1S/C18H24N6O3/c1-12(2)11-23-17(27)20-16(26)18(23)4-6-22(7-5-18)15(25)13-10-19-24-9-8-21(3)14(13)24/h8-10,12H,4-7,11H2,1-3H3,(H,20,26,27). The molecule has 9 heteroatoms. The highest BCUT2D eigenvalue weighted by molar-refractivity contribution is 6.07. The van der Waals surface area contributed by atoms with Crippen molar-refractivity contribution in [1.82, 2.24) is 29.3 Å². The zero-order chi connectivity index (χ0) is 19.3. The van der Waals surface area contributed by atoms with Crippen molar-refractivity contribution in [2.24, 2.45) is 13.0 Å². The highest BCUT2D eigenvalue weighted by Crippen LogP contribution is 2.34. The number of hydrogen-bond donors (Lipinski definition) is 1. The number of aryl methyl sites for hydroxylation is 1. The number of nitrogens with zero attached hydrogens (tertiary/aromatic N) is 5. The Hall–Kier alpha value is -2.84. The highest BCUT2D eigenvalue weighted by Gasteiger charge is 2.54. The number of likely N-dealkylation sites (tertiary alicyclic amines) is 1. The summed E-state index contributed by atoms with van der Waals surface area (Å²) >= 11 is 0. The molecule has 0 aliphatic carbocycles. The molecular weight excluding hydrogens is 348 g/mol. The minimum absolute atomic E-state index is 0.0956. The number of fused-ring (bicyclic) bond motifs is 1. The number of hydrogen-bond acceptors (Lipinski definition) is 4. The van der Waals surface area contributed by atoms with Crippen LogP contribution in [0.1, 0.15) is 37.0 Å². The molecule has 27 heavy (non-hydrogen) atoms. The molecule has 4 amide bonds. The molecule has 2 fully saturated rings. The van der Waals surface area contributed by atoms with Gasteiger partial charge in [0.2, 0.25) is 0 Å². The fourth-order valence-corrected chi connectivity index (χ4v) is 4.17. The van der Waals surface area contributed by atoms with Crippen LogP contribution < -0.4 is 5.32 Å². The number of rotatable bonds is 3. The van der Waals surface area contributed by atoms with E-state index in [2.05, 4.69) is 10.4 Å². The van der Waals surface area contributed by atoms with Gasteiger partial charge in [0.15, 0.2) is 0 Å². The van der Waals surface area contributed by atoms with Crippen LogP contribution in [0, 0.1) is 5.92 Å². The zero-order valence-electron chi connectivity index (χ0n) is 15.8. The van der Waals surface area contributed by atoms with E-state index in [-0.39, 0.29) is 23.8 Å². The lowest BCUT2D eigenvalue weighted by Gasteiger charge is -2.42. The van der Waals surface area contributed by atoms with Gasteiger partial charge in [0.05, 0.1) is 6.20 Å². The third-order valence-corrected chi connectivity index (χ3v) is 5.60. The van der Waals surface area contributed by atoms with E-state index in [1.54, 1.807) is 26.7 Å². The summed E-state index contributed by atoms with van der Waals surface area (Å²) in [5, 5.41) is 6.68. The molecule has 2 aromatic heterocycles. The topological polar surface area (TPSA) is 91.9 Å². The average molecular weight is 372 g/mol. The second-order valence-corrected chi connectivity index (χ2v) is 7.82. The van der Waals surface area contributed by atoms with Crippen LogP contribution in [0.15, 0.2) is 18.6 Å². The molecule has 0 unspecified atom stereocenters. The van der Waals surface area contributed by atoms with Crippen molar-refractivity contribution in [2.75, 3.05) is 19.6 Å². The largest absolute Gasteiger partial charge is 0.338 e. The number of aromatic nitrogens is 3. The molecule has 9 nitrogen and oxygen atoms in total. The van der Waals surface area contributed by atoms with Gasteiger partial charge in [-0.2, -0.15) is 5.10 Å². The molecule has 144 valence electrons. The van der Waals surface area contributed by atoms with Gasteiger partial charge in [-0.3, -0.25) is 14.9 Å². The number of carbonyl (C=O) groups is 3. The predicted octanol–water partition coefficient (Wildman–Crippen LogP) is 0.855. The van der Waals surface area contributed by atoms with E-state index < -0.39 is 5.54 Å². The number of piperidine rings is 1. The molecule has 2 aliphatic rings. The Balaban J connectivity index is 1.54. The molecule has 4 rings (SSSR count). The molecule has 2 aromatic rings. The van der Waals surface area contributed by atoms with E-state index in [0.29, 0.717) is 38.0 Å². The highest BCUT2D eigenvalue weighted by atomic mass is 16.2. The second-order valence-electron chi connectivity index (χ2n) is 7.82. The van der Waals surface area contributed by atoms with Crippen molar-refractivity contribution in [2.45, 2.75) is 32.2 Å². The first-order chi connectivity index (χ1) is 12.8. The predicted molar refractivity (Wildman–Crippen MR) is 97.1 cm³/mol. The summed E-state index contributed by atoms with van der Waals surface area (Å²) < 4.78 is 3.53. The first-order valence-electron chi connectivity index (χ1n) is 9.24. The second kappa shape index (κ2) is 6.11. The van der Waals surface area contributed by atoms with E-state index in [1.165, 1.54) is 0 Å². The molecule has 4 heterocycles. The number of imidazole rings is 1. The van der Waals surface area contributed by atoms with Crippen molar-refractivity contribution in [3.05, 3.63) is 24.2 Å². The van der Waals surface area contributed by atoms with Gasteiger partial charge in [-0.15, -0.1) is 0 Å².